The zero-order valence-corrected chi connectivity index (χ0v) is 18.0. The van der Waals surface area contributed by atoms with Gasteiger partial charge < -0.3 is 19.3 Å². The first kappa shape index (κ1) is 20.1. The third kappa shape index (κ3) is 4.30. The number of piperidine rings is 2. The van der Waals surface area contributed by atoms with E-state index in [1.807, 2.05) is 21.9 Å². The van der Waals surface area contributed by atoms with Crippen LogP contribution in [0, 0.1) is 5.92 Å². The van der Waals surface area contributed by atoms with E-state index in [0.29, 0.717) is 38.5 Å². The van der Waals surface area contributed by atoms with E-state index in [1.165, 1.54) is 18.4 Å². The van der Waals surface area contributed by atoms with E-state index in [-0.39, 0.29) is 36.5 Å². The highest BCUT2D eigenvalue weighted by Crippen LogP contribution is 2.44. The highest BCUT2D eigenvalue weighted by atomic mass is 35.5. The first-order valence-corrected chi connectivity index (χ1v) is 11.6. The molecule has 1 aromatic carbocycles. The van der Waals surface area contributed by atoms with Crippen molar-refractivity contribution in [3.8, 4) is 5.75 Å². The first-order valence-electron chi connectivity index (χ1n) is 11.2. The molecule has 0 spiro atoms. The maximum Gasteiger partial charge on any atom is 0.320 e. The number of nitrogens with zero attached hydrogens (tertiary/aromatic N) is 2. The van der Waals surface area contributed by atoms with Gasteiger partial charge in [0.15, 0.2) is 5.78 Å². The lowest BCUT2D eigenvalue weighted by Crippen LogP contribution is -2.55. The highest BCUT2D eigenvalue weighted by Gasteiger charge is 2.38. The van der Waals surface area contributed by atoms with Gasteiger partial charge in [-0.05, 0) is 48.9 Å². The van der Waals surface area contributed by atoms with Crippen LogP contribution in [0.15, 0.2) is 18.2 Å². The molecule has 1 aromatic rings. The molecule has 1 saturated carbocycles. The van der Waals surface area contributed by atoms with Gasteiger partial charge in [0.1, 0.15) is 18.5 Å². The Morgan fingerprint density at radius 2 is 1.83 bits per heavy atom. The van der Waals surface area contributed by atoms with Crippen molar-refractivity contribution in [2.24, 2.45) is 5.92 Å². The van der Waals surface area contributed by atoms with Crippen molar-refractivity contribution < 1.29 is 19.1 Å². The highest BCUT2D eigenvalue weighted by molar-refractivity contribution is 6.31. The van der Waals surface area contributed by atoms with Gasteiger partial charge in [0.2, 0.25) is 0 Å². The summed E-state index contributed by atoms with van der Waals surface area (Å²) in [6.45, 7) is 2.97. The summed E-state index contributed by atoms with van der Waals surface area (Å²) in [5.74, 6) is 1.77. The molecule has 4 fully saturated rings. The molecule has 5 rings (SSSR count). The zero-order chi connectivity index (χ0) is 20.7. The number of fused-ring (bicyclic) bond motifs is 1. The Kier molecular flexibility index (Phi) is 5.63. The molecule has 0 N–H and O–H groups in total. The van der Waals surface area contributed by atoms with E-state index in [1.54, 1.807) is 0 Å². The summed E-state index contributed by atoms with van der Waals surface area (Å²) in [4.78, 5) is 28.6. The van der Waals surface area contributed by atoms with Crippen molar-refractivity contribution in [1.29, 1.82) is 0 Å². The molecule has 7 heteroatoms. The average molecular weight is 433 g/mol. The predicted octanol–water partition coefficient (Wildman–Crippen LogP) is 3.86. The van der Waals surface area contributed by atoms with Crippen LogP contribution in [-0.4, -0.2) is 66.6 Å². The van der Waals surface area contributed by atoms with Crippen LogP contribution in [0.5, 0.6) is 5.75 Å². The monoisotopic (exact) mass is 432 g/mol. The van der Waals surface area contributed by atoms with E-state index in [9.17, 15) is 9.59 Å². The summed E-state index contributed by atoms with van der Waals surface area (Å²) in [7, 11) is 0. The summed E-state index contributed by atoms with van der Waals surface area (Å²) in [5, 5.41) is 0.833. The van der Waals surface area contributed by atoms with Gasteiger partial charge >= 0.3 is 6.03 Å². The summed E-state index contributed by atoms with van der Waals surface area (Å²) in [6.07, 6.45) is 5.69. The molecule has 0 bridgehead atoms. The molecule has 1 aliphatic carbocycles. The first-order chi connectivity index (χ1) is 14.6. The van der Waals surface area contributed by atoms with Crippen molar-refractivity contribution in [3.63, 3.8) is 0 Å². The van der Waals surface area contributed by atoms with Crippen LogP contribution in [0.1, 0.15) is 50.0 Å². The van der Waals surface area contributed by atoms with Gasteiger partial charge in [-0.25, -0.2) is 4.79 Å². The maximum absolute atomic E-state index is 13.0. The molecule has 6 nitrogen and oxygen atoms in total. The predicted molar refractivity (Wildman–Crippen MR) is 113 cm³/mol. The van der Waals surface area contributed by atoms with Gasteiger partial charge in [0, 0.05) is 56.4 Å². The number of ketones is 1. The van der Waals surface area contributed by atoms with Crippen LogP contribution >= 0.6 is 11.6 Å². The van der Waals surface area contributed by atoms with Crippen molar-refractivity contribution in [3.05, 3.63) is 28.8 Å². The third-order valence-electron chi connectivity index (χ3n) is 6.88. The Bertz CT molecular complexity index is 819. The van der Waals surface area contributed by atoms with Crippen LogP contribution in [0.4, 0.5) is 4.79 Å². The minimum Gasteiger partial charge on any atom is -0.490 e. The lowest BCUT2D eigenvalue weighted by atomic mass is 9.88. The van der Waals surface area contributed by atoms with E-state index in [0.717, 1.165) is 30.0 Å². The van der Waals surface area contributed by atoms with Gasteiger partial charge in [0.05, 0.1) is 6.10 Å². The van der Waals surface area contributed by atoms with Gasteiger partial charge in [-0.1, -0.05) is 11.6 Å². The van der Waals surface area contributed by atoms with Crippen LogP contribution in [0.2, 0.25) is 5.02 Å². The quantitative estimate of drug-likeness (QED) is 0.727. The van der Waals surface area contributed by atoms with Crippen LogP contribution in [0.25, 0.3) is 0 Å². The average Bonchev–Trinajstić information content (AvgIpc) is 3.60. The zero-order valence-electron chi connectivity index (χ0n) is 17.2. The maximum atomic E-state index is 13.0. The number of likely N-dealkylation sites (tertiary alicyclic amines) is 2. The number of carbonyl (C=O) groups excluding carboxylic acids is 2. The molecule has 30 heavy (non-hydrogen) atoms. The number of ether oxygens (including phenoxy) is 2. The number of carbonyl (C=O) groups is 2. The van der Waals surface area contributed by atoms with Crippen molar-refractivity contribution in [2.45, 2.75) is 56.7 Å². The van der Waals surface area contributed by atoms with E-state index < -0.39 is 0 Å². The molecule has 0 radical (unpaired) electrons. The van der Waals surface area contributed by atoms with E-state index in [2.05, 4.69) is 6.07 Å². The van der Waals surface area contributed by atoms with Crippen LogP contribution < -0.4 is 4.74 Å². The van der Waals surface area contributed by atoms with E-state index >= 15 is 0 Å². The van der Waals surface area contributed by atoms with Gasteiger partial charge in [-0.15, -0.1) is 0 Å². The van der Waals surface area contributed by atoms with Crippen molar-refractivity contribution >= 4 is 23.4 Å². The Labute approximate surface area is 182 Å². The topological polar surface area (TPSA) is 59.1 Å². The number of benzene rings is 1. The summed E-state index contributed by atoms with van der Waals surface area (Å²) in [6, 6.07) is 6.07. The fraction of sp³-hybridized carbons (Fsp3) is 0.652. The summed E-state index contributed by atoms with van der Waals surface area (Å²) in [5.41, 5.74) is 1.20. The number of hydrogen-bond acceptors (Lipinski definition) is 4. The largest absolute Gasteiger partial charge is 0.490 e. The molecule has 2 atom stereocenters. The van der Waals surface area contributed by atoms with Crippen molar-refractivity contribution in [2.75, 3.05) is 32.8 Å². The normalized spacial score (nSPS) is 27.7. The second-order valence-corrected chi connectivity index (χ2v) is 9.54. The fourth-order valence-corrected chi connectivity index (χ4v) is 5.28. The molecule has 162 valence electrons. The Morgan fingerprint density at radius 3 is 2.60 bits per heavy atom. The fourth-order valence-electron chi connectivity index (χ4n) is 5.01. The number of rotatable bonds is 3. The number of Topliss-reactive ketones (excluding diaryl/α,β-unsaturated/α-hetero) is 1. The van der Waals surface area contributed by atoms with Crippen LogP contribution in [0.3, 0.4) is 0 Å². The Balaban J connectivity index is 1.13. The van der Waals surface area contributed by atoms with E-state index in [4.69, 9.17) is 21.1 Å². The molecular weight excluding hydrogens is 404 g/mol. The summed E-state index contributed by atoms with van der Waals surface area (Å²) >= 11 is 6.32. The number of halogens is 1. The molecular formula is C23H29ClN2O4. The molecule has 2 amide bonds. The number of hydrogen-bond donors (Lipinski definition) is 0. The van der Waals surface area contributed by atoms with Gasteiger partial charge in [-0.2, -0.15) is 0 Å². The second-order valence-electron chi connectivity index (χ2n) is 9.13. The van der Waals surface area contributed by atoms with Gasteiger partial charge in [0.25, 0.3) is 0 Å². The lowest BCUT2D eigenvalue weighted by Gasteiger charge is -2.43. The standard InChI is InChI=1S/C23H29ClN2O4/c24-21-4-3-19(12-20(21)15-1-2-15)30-18-5-8-25(9-6-18)23(28)26-10-7-22-16(13-26)11-17(27)14-29-22/h3-4,12,15-16,18,22H,1-2,5-11,13-14H2/t16-,22+/m1/s1. The van der Waals surface area contributed by atoms with Gasteiger partial charge in [-0.3, -0.25) is 4.79 Å². The minimum atomic E-state index is 0.0902. The molecule has 0 unspecified atom stereocenters. The van der Waals surface area contributed by atoms with Crippen molar-refractivity contribution in [1.82, 2.24) is 9.80 Å². The number of amides is 2. The smallest absolute Gasteiger partial charge is 0.320 e. The molecule has 0 aromatic heterocycles. The number of urea groups is 1. The molecule has 3 aliphatic heterocycles. The third-order valence-corrected chi connectivity index (χ3v) is 7.23. The van der Waals surface area contributed by atoms with Crippen LogP contribution in [-0.2, 0) is 9.53 Å². The summed E-state index contributed by atoms with van der Waals surface area (Å²) < 4.78 is 11.9. The molecule has 3 heterocycles. The SMILES string of the molecule is O=C1CO[C@H]2CCN(C(=O)N3CCC(Oc4ccc(Cl)c(C5CC5)c4)CC3)C[C@H]2C1. The molecule has 3 saturated heterocycles. The Morgan fingerprint density at radius 1 is 1.07 bits per heavy atom. The lowest BCUT2D eigenvalue weighted by molar-refractivity contribution is -0.140. The molecule has 4 aliphatic rings. The Hall–Kier alpha value is -1.79. The second kappa shape index (κ2) is 8.39. The minimum absolute atomic E-state index is 0.0902.